The van der Waals surface area contributed by atoms with Crippen molar-refractivity contribution >= 4 is 13.3 Å². The average Bonchev–Trinajstić information content (AvgIpc) is 3.29. The largest absolute Gasteiger partial charge is 0.370 e. The third kappa shape index (κ3) is 3.11. The highest BCUT2D eigenvalue weighted by Crippen LogP contribution is 2.56. The van der Waals surface area contributed by atoms with E-state index in [4.69, 9.17) is 4.74 Å². The van der Waals surface area contributed by atoms with Gasteiger partial charge in [0.05, 0.1) is 20.3 Å². The lowest BCUT2D eigenvalue weighted by molar-refractivity contribution is 0.285. The molecule has 1 heterocycles. The van der Waals surface area contributed by atoms with E-state index in [-0.39, 0.29) is 5.60 Å². The van der Waals surface area contributed by atoms with Crippen LogP contribution in [0.5, 0.6) is 0 Å². The first-order valence-corrected chi connectivity index (χ1v) is 10.8. The number of epoxide rings is 1. The average molecular weight is 274 g/mol. The molecule has 1 aromatic rings. The highest BCUT2D eigenvalue weighted by Gasteiger charge is 2.49. The monoisotopic (exact) mass is 274 g/mol. The zero-order valence-electron chi connectivity index (χ0n) is 12.5. The second-order valence-corrected chi connectivity index (χ2v) is 12.4. The Labute approximate surface area is 118 Å². The molecule has 2 heteroatoms. The summed E-state index contributed by atoms with van der Waals surface area (Å²) in [6, 6.07) is 12.7. The molecule has 1 nitrogen and oxygen atoms in total. The van der Waals surface area contributed by atoms with Gasteiger partial charge in [0, 0.05) is 0 Å². The minimum atomic E-state index is -1.27. The van der Waals surface area contributed by atoms with Gasteiger partial charge < -0.3 is 4.74 Å². The number of hydrogen-bond acceptors (Lipinski definition) is 1. The summed E-state index contributed by atoms with van der Waals surface area (Å²) < 4.78 is 5.55. The van der Waals surface area contributed by atoms with E-state index < -0.39 is 8.07 Å². The van der Waals surface area contributed by atoms with E-state index in [9.17, 15) is 0 Å². The van der Waals surface area contributed by atoms with Crippen molar-refractivity contribution in [2.75, 3.05) is 6.61 Å². The Balaban J connectivity index is 1.63. The van der Waals surface area contributed by atoms with E-state index in [1.807, 2.05) is 0 Å². The molecular weight excluding hydrogens is 248 g/mol. The zero-order valence-corrected chi connectivity index (χ0v) is 13.5. The molecule has 0 radical (unpaired) electrons. The van der Waals surface area contributed by atoms with Gasteiger partial charge in [0.2, 0.25) is 0 Å². The lowest BCUT2D eigenvalue weighted by atomic mass is 9.96. The van der Waals surface area contributed by atoms with E-state index in [1.165, 1.54) is 31.7 Å². The van der Waals surface area contributed by atoms with Gasteiger partial charge in [0.25, 0.3) is 0 Å². The van der Waals surface area contributed by atoms with Crippen LogP contribution in [-0.4, -0.2) is 20.3 Å². The maximum Gasteiger partial charge on any atom is 0.0888 e. The van der Waals surface area contributed by atoms with Crippen molar-refractivity contribution in [1.82, 2.24) is 0 Å². The Morgan fingerprint density at radius 3 is 2.26 bits per heavy atom. The molecule has 1 unspecified atom stereocenters. The molecule has 1 aliphatic heterocycles. The van der Waals surface area contributed by atoms with Crippen molar-refractivity contribution in [3.8, 4) is 0 Å². The Kier molecular flexibility index (Phi) is 3.14. The highest BCUT2D eigenvalue weighted by molar-refractivity contribution is 6.89. The summed E-state index contributed by atoms with van der Waals surface area (Å²) in [4.78, 5) is 0. The lowest BCUT2D eigenvalue weighted by Crippen LogP contribution is -2.43. The molecule has 1 saturated heterocycles. The molecule has 3 rings (SSSR count). The summed E-state index contributed by atoms with van der Waals surface area (Å²) in [6.07, 6.45) is 5.55. The molecule has 104 valence electrons. The van der Waals surface area contributed by atoms with Crippen LogP contribution in [0.4, 0.5) is 0 Å². The van der Waals surface area contributed by atoms with Crippen molar-refractivity contribution in [2.24, 2.45) is 5.41 Å². The molecule has 1 saturated carbocycles. The van der Waals surface area contributed by atoms with Gasteiger partial charge in [-0.15, -0.1) is 0 Å². The van der Waals surface area contributed by atoms with Crippen LogP contribution in [0, 0.1) is 5.41 Å². The summed E-state index contributed by atoms with van der Waals surface area (Å²) in [5.41, 5.74) is 0.911. The minimum Gasteiger partial charge on any atom is -0.370 e. The van der Waals surface area contributed by atoms with Crippen LogP contribution in [0.15, 0.2) is 30.3 Å². The predicted molar refractivity (Wildman–Crippen MR) is 83.6 cm³/mol. The zero-order chi connectivity index (χ0) is 13.6. The van der Waals surface area contributed by atoms with Gasteiger partial charge in [-0.1, -0.05) is 48.6 Å². The number of rotatable bonds is 6. The Morgan fingerprint density at radius 2 is 1.74 bits per heavy atom. The van der Waals surface area contributed by atoms with Crippen molar-refractivity contribution in [2.45, 2.75) is 57.3 Å². The van der Waals surface area contributed by atoms with E-state index >= 15 is 0 Å². The van der Waals surface area contributed by atoms with Crippen LogP contribution in [0.2, 0.25) is 19.1 Å². The first kappa shape index (κ1) is 13.4. The van der Waals surface area contributed by atoms with Crippen molar-refractivity contribution in [3.05, 3.63) is 30.3 Å². The quantitative estimate of drug-likeness (QED) is 0.565. The van der Waals surface area contributed by atoms with Gasteiger partial charge in [-0.3, -0.25) is 0 Å². The molecule has 0 spiro atoms. The first-order chi connectivity index (χ1) is 8.93. The lowest BCUT2D eigenvalue weighted by Gasteiger charge is -2.29. The molecule has 1 aromatic carbocycles. The SMILES string of the molecule is CC1(CCC2(C[Si](C)(C)c3ccccc3)CC2)CO1. The van der Waals surface area contributed by atoms with Crippen molar-refractivity contribution in [1.29, 1.82) is 0 Å². The van der Waals surface area contributed by atoms with Crippen LogP contribution in [-0.2, 0) is 4.74 Å². The molecule has 0 bridgehead atoms. The molecule has 1 aliphatic carbocycles. The third-order valence-corrected chi connectivity index (χ3v) is 8.68. The predicted octanol–water partition coefficient (Wildman–Crippen LogP) is 3.95. The highest BCUT2D eigenvalue weighted by atomic mass is 28.3. The second kappa shape index (κ2) is 4.46. The van der Waals surface area contributed by atoms with Crippen LogP contribution in [0.1, 0.15) is 32.6 Å². The third-order valence-electron chi connectivity index (χ3n) is 5.15. The Bertz CT molecular complexity index is 444. The first-order valence-electron chi connectivity index (χ1n) is 7.63. The normalized spacial score (nSPS) is 28.2. The van der Waals surface area contributed by atoms with Gasteiger partial charge in [0.15, 0.2) is 0 Å². The Hall–Kier alpha value is -0.603. The van der Waals surface area contributed by atoms with Gasteiger partial charge >= 0.3 is 0 Å². The fourth-order valence-corrected chi connectivity index (χ4v) is 7.12. The standard InChI is InChI=1S/C17H26OSi/c1-16(13-18-16)9-10-17(11-12-17)14-19(2,3)15-7-5-4-6-8-15/h4-8H,9-14H2,1-3H3. The minimum absolute atomic E-state index is 0.244. The fourth-order valence-electron chi connectivity index (χ4n) is 3.42. The molecule has 0 aromatic heterocycles. The summed E-state index contributed by atoms with van der Waals surface area (Å²) in [7, 11) is -1.27. The van der Waals surface area contributed by atoms with Gasteiger partial charge in [0.1, 0.15) is 0 Å². The second-order valence-electron chi connectivity index (χ2n) is 7.67. The molecule has 2 aliphatic rings. The summed E-state index contributed by atoms with van der Waals surface area (Å²) >= 11 is 0. The molecule has 0 N–H and O–H groups in total. The van der Waals surface area contributed by atoms with E-state index in [2.05, 4.69) is 50.3 Å². The number of benzene rings is 1. The van der Waals surface area contributed by atoms with E-state index in [1.54, 1.807) is 5.19 Å². The maximum atomic E-state index is 5.55. The summed E-state index contributed by atoms with van der Waals surface area (Å²) in [5.74, 6) is 0. The van der Waals surface area contributed by atoms with Crippen molar-refractivity contribution < 1.29 is 4.74 Å². The summed E-state index contributed by atoms with van der Waals surface area (Å²) in [5, 5.41) is 1.62. The van der Waals surface area contributed by atoms with E-state index in [0.29, 0.717) is 5.41 Å². The van der Waals surface area contributed by atoms with Gasteiger partial charge in [-0.2, -0.15) is 0 Å². The van der Waals surface area contributed by atoms with Crippen LogP contribution in [0.25, 0.3) is 0 Å². The molecule has 19 heavy (non-hydrogen) atoms. The fraction of sp³-hybridized carbons (Fsp3) is 0.647. The smallest absolute Gasteiger partial charge is 0.0888 e. The van der Waals surface area contributed by atoms with Crippen LogP contribution < -0.4 is 5.19 Å². The topological polar surface area (TPSA) is 12.5 Å². The number of hydrogen-bond donors (Lipinski definition) is 0. The van der Waals surface area contributed by atoms with Crippen LogP contribution in [0.3, 0.4) is 0 Å². The molecule has 2 fully saturated rings. The molecule has 1 atom stereocenters. The Morgan fingerprint density at radius 1 is 1.11 bits per heavy atom. The molecular formula is C17H26OSi. The van der Waals surface area contributed by atoms with Gasteiger partial charge in [-0.05, 0) is 44.1 Å². The summed E-state index contributed by atoms with van der Waals surface area (Å²) in [6.45, 7) is 8.33. The van der Waals surface area contributed by atoms with E-state index in [0.717, 1.165) is 6.61 Å². The molecule has 0 amide bonds. The maximum absolute atomic E-state index is 5.55. The van der Waals surface area contributed by atoms with Crippen molar-refractivity contribution in [3.63, 3.8) is 0 Å². The van der Waals surface area contributed by atoms with Crippen LogP contribution >= 0.6 is 0 Å². The number of ether oxygens (including phenoxy) is 1. The van der Waals surface area contributed by atoms with Gasteiger partial charge in [-0.25, -0.2) is 0 Å².